The second-order valence-corrected chi connectivity index (χ2v) is 3.62. The summed E-state index contributed by atoms with van der Waals surface area (Å²) in [4.78, 5) is 14.4. The zero-order chi connectivity index (χ0) is 12.3. The van der Waals surface area contributed by atoms with Gasteiger partial charge in [0.15, 0.2) is 17.3 Å². The molecule has 1 aliphatic heterocycles. The molecule has 1 amide bonds. The Morgan fingerprint density at radius 1 is 1.47 bits per heavy atom. The summed E-state index contributed by atoms with van der Waals surface area (Å²) in [5.74, 6) is 1.68. The first-order valence-corrected chi connectivity index (χ1v) is 5.16. The van der Waals surface area contributed by atoms with Crippen molar-refractivity contribution in [2.45, 2.75) is 6.92 Å². The molecule has 5 nitrogen and oxygen atoms in total. The molecule has 0 bridgehead atoms. The number of carbonyl (C=O) groups is 1. The monoisotopic (exact) mass is 231 g/mol. The van der Waals surface area contributed by atoms with Gasteiger partial charge in [0.2, 0.25) is 6.41 Å². The van der Waals surface area contributed by atoms with Crippen LogP contribution in [0.2, 0.25) is 0 Å². The van der Waals surface area contributed by atoms with Crippen molar-refractivity contribution in [3.8, 4) is 5.75 Å². The number of ether oxygens (including phenoxy) is 1. The Morgan fingerprint density at radius 3 is 3.00 bits per heavy atom. The summed E-state index contributed by atoms with van der Waals surface area (Å²) in [6, 6.07) is 5.78. The van der Waals surface area contributed by atoms with E-state index in [0.29, 0.717) is 23.7 Å². The zero-order valence-corrected chi connectivity index (χ0v) is 9.65. The van der Waals surface area contributed by atoms with Gasteiger partial charge in [-0.15, -0.1) is 0 Å². The van der Waals surface area contributed by atoms with E-state index in [4.69, 9.17) is 4.74 Å². The summed E-state index contributed by atoms with van der Waals surface area (Å²) in [5, 5.41) is 5.65. The largest absolute Gasteiger partial charge is 0.450 e. The van der Waals surface area contributed by atoms with E-state index in [0.717, 1.165) is 11.3 Å². The average Bonchev–Trinajstić information content (AvgIpc) is 2.31. The van der Waals surface area contributed by atoms with Crippen LogP contribution < -0.4 is 15.4 Å². The Kier molecular flexibility index (Phi) is 3.09. The van der Waals surface area contributed by atoms with Gasteiger partial charge in [-0.05, 0) is 24.6 Å². The normalized spacial score (nSPS) is 14.0. The van der Waals surface area contributed by atoms with Gasteiger partial charge in [-0.25, -0.2) is 0 Å². The van der Waals surface area contributed by atoms with Crippen LogP contribution in [0, 0.1) is 6.92 Å². The SMILES string of the molecule is CN=CC1=C(NC=O)Nc2cc(C)ccc2O1. The number of nitrogens with zero attached hydrogens (tertiary/aromatic N) is 1. The van der Waals surface area contributed by atoms with Crippen molar-refractivity contribution in [1.29, 1.82) is 0 Å². The van der Waals surface area contributed by atoms with Crippen molar-refractivity contribution in [2.24, 2.45) is 4.99 Å². The molecule has 1 heterocycles. The first-order chi connectivity index (χ1) is 8.24. The van der Waals surface area contributed by atoms with Gasteiger partial charge in [-0.3, -0.25) is 9.79 Å². The van der Waals surface area contributed by atoms with Crippen LogP contribution in [0.15, 0.2) is 34.8 Å². The van der Waals surface area contributed by atoms with E-state index < -0.39 is 0 Å². The molecule has 0 unspecified atom stereocenters. The molecule has 2 rings (SSSR count). The molecule has 0 aliphatic carbocycles. The summed E-state index contributed by atoms with van der Waals surface area (Å²) in [7, 11) is 1.64. The molecule has 0 fully saturated rings. The van der Waals surface area contributed by atoms with Gasteiger partial charge < -0.3 is 15.4 Å². The maximum Gasteiger partial charge on any atom is 0.212 e. The molecular weight excluding hydrogens is 218 g/mol. The molecule has 0 saturated heterocycles. The number of aryl methyl sites for hydroxylation is 1. The van der Waals surface area contributed by atoms with Crippen LogP contribution in [-0.2, 0) is 4.79 Å². The lowest BCUT2D eigenvalue weighted by Gasteiger charge is -2.22. The van der Waals surface area contributed by atoms with Crippen LogP contribution in [0.5, 0.6) is 5.75 Å². The Labute approximate surface area is 99.2 Å². The van der Waals surface area contributed by atoms with Crippen molar-refractivity contribution >= 4 is 18.3 Å². The number of rotatable bonds is 3. The van der Waals surface area contributed by atoms with Gasteiger partial charge in [0.25, 0.3) is 0 Å². The number of amides is 1. The fraction of sp³-hybridized carbons (Fsp3) is 0.167. The number of nitrogens with one attached hydrogen (secondary N) is 2. The number of anilines is 1. The summed E-state index contributed by atoms with van der Waals surface area (Å²) in [6.45, 7) is 1.99. The van der Waals surface area contributed by atoms with Crippen molar-refractivity contribution in [2.75, 3.05) is 12.4 Å². The molecule has 1 aliphatic rings. The number of carbonyl (C=O) groups excluding carboxylic acids is 1. The van der Waals surface area contributed by atoms with Crippen molar-refractivity contribution in [3.63, 3.8) is 0 Å². The molecule has 0 saturated carbocycles. The fourth-order valence-corrected chi connectivity index (χ4v) is 1.57. The maximum atomic E-state index is 10.5. The third kappa shape index (κ3) is 2.28. The van der Waals surface area contributed by atoms with Gasteiger partial charge in [0, 0.05) is 7.05 Å². The number of hydrogen-bond donors (Lipinski definition) is 2. The Bertz CT molecular complexity index is 506. The second-order valence-electron chi connectivity index (χ2n) is 3.62. The van der Waals surface area contributed by atoms with E-state index in [1.165, 1.54) is 0 Å². The lowest BCUT2D eigenvalue weighted by atomic mass is 10.2. The molecule has 1 aromatic carbocycles. The minimum Gasteiger partial charge on any atom is -0.450 e. The molecule has 0 aromatic heterocycles. The van der Waals surface area contributed by atoms with Crippen LogP contribution >= 0.6 is 0 Å². The van der Waals surface area contributed by atoms with Gasteiger partial charge in [-0.2, -0.15) is 0 Å². The van der Waals surface area contributed by atoms with Crippen molar-refractivity contribution in [1.82, 2.24) is 5.32 Å². The highest BCUT2D eigenvalue weighted by molar-refractivity contribution is 5.82. The summed E-state index contributed by atoms with van der Waals surface area (Å²) < 4.78 is 5.64. The van der Waals surface area contributed by atoms with E-state index in [1.54, 1.807) is 13.3 Å². The quantitative estimate of drug-likeness (QED) is 0.610. The molecule has 2 N–H and O–H groups in total. The minimum absolute atomic E-state index is 0.482. The fourth-order valence-electron chi connectivity index (χ4n) is 1.57. The Balaban J connectivity index is 2.38. The van der Waals surface area contributed by atoms with E-state index in [2.05, 4.69) is 15.6 Å². The molecule has 0 spiro atoms. The molecular formula is C12H13N3O2. The number of aliphatic imine (C=N–C) groups is 1. The van der Waals surface area contributed by atoms with Crippen molar-refractivity contribution in [3.05, 3.63) is 35.3 Å². The third-order valence-corrected chi connectivity index (χ3v) is 2.31. The summed E-state index contributed by atoms with van der Waals surface area (Å²) in [6.07, 6.45) is 2.14. The predicted molar refractivity (Wildman–Crippen MR) is 66.1 cm³/mol. The summed E-state index contributed by atoms with van der Waals surface area (Å²) in [5.41, 5.74) is 1.93. The third-order valence-electron chi connectivity index (χ3n) is 2.31. The van der Waals surface area contributed by atoms with Gasteiger partial charge in [0.05, 0.1) is 11.9 Å². The smallest absolute Gasteiger partial charge is 0.212 e. The number of hydrogen-bond acceptors (Lipinski definition) is 4. The van der Waals surface area contributed by atoms with Gasteiger partial charge in [-0.1, -0.05) is 6.07 Å². The standard InChI is InChI=1S/C12H13N3O2/c1-8-3-4-10-9(5-8)15-12(14-7-16)11(17-10)6-13-2/h3-7,15H,1-2H3,(H,14,16). The zero-order valence-electron chi connectivity index (χ0n) is 9.65. The maximum absolute atomic E-state index is 10.5. The van der Waals surface area contributed by atoms with Gasteiger partial charge >= 0.3 is 0 Å². The van der Waals surface area contributed by atoms with Gasteiger partial charge in [0.1, 0.15) is 0 Å². The van der Waals surface area contributed by atoms with E-state index >= 15 is 0 Å². The highest BCUT2D eigenvalue weighted by Crippen LogP contribution is 2.31. The van der Waals surface area contributed by atoms with Crippen LogP contribution in [0.25, 0.3) is 0 Å². The molecule has 1 aromatic rings. The lowest BCUT2D eigenvalue weighted by molar-refractivity contribution is -0.108. The summed E-state index contributed by atoms with van der Waals surface area (Å²) >= 11 is 0. The van der Waals surface area contributed by atoms with E-state index in [9.17, 15) is 4.79 Å². The van der Waals surface area contributed by atoms with Crippen LogP contribution in [0.3, 0.4) is 0 Å². The topological polar surface area (TPSA) is 62.7 Å². The Hall–Kier alpha value is -2.30. The molecule has 88 valence electrons. The van der Waals surface area contributed by atoms with Crippen LogP contribution in [0.1, 0.15) is 5.56 Å². The van der Waals surface area contributed by atoms with Crippen molar-refractivity contribution < 1.29 is 9.53 Å². The lowest BCUT2D eigenvalue weighted by Crippen LogP contribution is -2.26. The highest BCUT2D eigenvalue weighted by atomic mass is 16.5. The first kappa shape index (κ1) is 11.2. The number of benzene rings is 1. The average molecular weight is 231 g/mol. The van der Waals surface area contributed by atoms with E-state index in [1.807, 2.05) is 25.1 Å². The molecule has 0 radical (unpaired) electrons. The molecule has 0 atom stereocenters. The molecule has 17 heavy (non-hydrogen) atoms. The molecule has 5 heteroatoms. The number of allylic oxidation sites excluding steroid dienone is 1. The highest BCUT2D eigenvalue weighted by Gasteiger charge is 2.17. The van der Waals surface area contributed by atoms with Crippen LogP contribution in [0.4, 0.5) is 5.69 Å². The van der Waals surface area contributed by atoms with E-state index in [-0.39, 0.29) is 0 Å². The minimum atomic E-state index is 0.482. The van der Waals surface area contributed by atoms with Crippen LogP contribution in [-0.4, -0.2) is 19.7 Å². The second kappa shape index (κ2) is 4.69. The first-order valence-electron chi connectivity index (χ1n) is 5.16. The Morgan fingerprint density at radius 2 is 2.29 bits per heavy atom. The predicted octanol–water partition coefficient (Wildman–Crippen LogP) is 1.42. The number of fused-ring (bicyclic) bond motifs is 1.